The van der Waals surface area contributed by atoms with Crippen molar-refractivity contribution in [3.05, 3.63) is 0 Å². The first-order valence-electron chi connectivity index (χ1n) is 8.04. The van der Waals surface area contributed by atoms with Crippen LogP contribution in [0.25, 0.3) is 0 Å². The van der Waals surface area contributed by atoms with E-state index >= 15 is 0 Å². The van der Waals surface area contributed by atoms with Crippen molar-refractivity contribution in [1.29, 1.82) is 0 Å². The van der Waals surface area contributed by atoms with E-state index in [-0.39, 0.29) is 0 Å². The first-order chi connectivity index (χ1) is 9.68. The molecule has 1 aliphatic rings. The Bertz CT molecular complexity index is 228. The summed E-state index contributed by atoms with van der Waals surface area (Å²) < 4.78 is 16.1. The quantitative estimate of drug-likeness (QED) is 0.593. The lowest BCUT2D eigenvalue weighted by molar-refractivity contribution is 0.00254. The molecule has 1 N–H and O–H groups in total. The molecule has 0 aromatic rings. The second kappa shape index (κ2) is 10.6. The fourth-order valence-electron chi connectivity index (χ4n) is 2.74. The molecule has 0 radical (unpaired) electrons. The monoisotopic (exact) mass is 287 g/mol. The van der Waals surface area contributed by atoms with Gasteiger partial charge in [-0.05, 0) is 43.6 Å². The van der Waals surface area contributed by atoms with Crippen LogP contribution in [0.3, 0.4) is 0 Å². The van der Waals surface area contributed by atoms with E-state index in [1.165, 1.54) is 19.3 Å². The van der Waals surface area contributed by atoms with Crippen LogP contribution in [0.4, 0.5) is 0 Å². The van der Waals surface area contributed by atoms with E-state index < -0.39 is 0 Å². The summed E-state index contributed by atoms with van der Waals surface area (Å²) in [5.74, 6) is 0.712. The van der Waals surface area contributed by atoms with Gasteiger partial charge in [0.25, 0.3) is 0 Å². The average Bonchev–Trinajstić information content (AvgIpc) is 2.43. The van der Waals surface area contributed by atoms with Crippen LogP contribution < -0.4 is 5.32 Å². The Labute approximate surface area is 124 Å². The Morgan fingerprint density at radius 1 is 1.15 bits per heavy atom. The number of rotatable bonds is 11. The van der Waals surface area contributed by atoms with E-state index in [0.717, 1.165) is 39.3 Å². The Balaban J connectivity index is 2.24. The maximum atomic E-state index is 5.58. The van der Waals surface area contributed by atoms with E-state index in [1.54, 1.807) is 7.11 Å². The fraction of sp³-hybridized carbons (Fsp3) is 1.00. The van der Waals surface area contributed by atoms with Gasteiger partial charge in [0, 0.05) is 33.5 Å². The molecule has 1 aliphatic heterocycles. The van der Waals surface area contributed by atoms with E-state index in [1.807, 2.05) is 0 Å². The SMILES string of the molecule is COCCOCCCC1(CNCC(C)C)CCOCC1. The summed E-state index contributed by atoms with van der Waals surface area (Å²) in [5.41, 5.74) is 0.414. The second-order valence-corrected chi connectivity index (χ2v) is 6.35. The van der Waals surface area contributed by atoms with Gasteiger partial charge in [0.1, 0.15) is 0 Å². The van der Waals surface area contributed by atoms with Gasteiger partial charge in [-0.3, -0.25) is 0 Å². The van der Waals surface area contributed by atoms with Crippen molar-refractivity contribution in [3.63, 3.8) is 0 Å². The molecule has 1 rings (SSSR count). The van der Waals surface area contributed by atoms with Crippen LogP contribution in [0, 0.1) is 11.3 Å². The van der Waals surface area contributed by atoms with Crippen molar-refractivity contribution in [3.8, 4) is 0 Å². The van der Waals surface area contributed by atoms with Gasteiger partial charge in [0.15, 0.2) is 0 Å². The van der Waals surface area contributed by atoms with Crippen LogP contribution in [0.1, 0.15) is 39.5 Å². The van der Waals surface area contributed by atoms with Crippen molar-refractivity contribution < 1.29 is 14.2 Å². The Morgan fingerprint density at radius 3 is 2.55 bits per heavy atom. The molecular formula is C16H33NO3. The molecule has 0 aliphatic carbocycles. The lowest BCUT2D eigenvalue weighted by atomic mass is 9.76. The van der Waals surface area contributed by atoms with Gasteiger partial charge in [0.05, 0.1) is 13.2 Å². The summed E-state index contributed by atoms with van der Waals surface area (Å²) in [6, 6.07) is 0. The van der Waals surface area contributed by atoms with Gasteiger partial charge < -0.3 is 19.5 Å². The Morgan fingerprint density at radius 2 is 1.90 bits per heavy atom. The molecule has 0 unspecified atom stereocenters. The standard InChI is InChI=1S/C16H33NO3/c1-15(2)13-17-14-16(6-9-20-10-7-16)5-4-8-19-12-11-18-3/h15,17H,4-14H2,1-3H3. The van der Waals surface area contributed by atoms with Crippen molar-refractivity contribution in [2.24, 2.45) is 11.3 Å². The minimum atomic E-state index is 0.414. The fourth-order valence-corrected chi connectivity index (χ4v) is 2.74. The van der Waals surface area contributed by atoms with Crippen LogP contribution in [-0.2, 0) is 14.2 Å². The van der Waals surface area contributed by atoms with Gasteiger partial charge >= 0.3 is 0 Å². The highest BCUT2D eigenvalue weighted by atomic mass is 16.5. The topological polar surface area (TPSA) is 39.7 Å². The second-order valence-electron chi connectivity index (χ2n) is 6.35. The van der Waals surface area contributed by atoms with Crippen LogP contribution in [0.5, 0.6) is 0 Å². The summed E-state index contributed by atoms with van der Waals surface area (Å²) in [4.78, 5) is 0. The molecule has 4 heteroatoms. The molecule has 0 amide bonds. The third kappa shape index (κ3) is 7.58. The molecule has 1 fully saturated rings. The zero-order valence-electron chi connectivity index (χ0n) is 13.6. The highest BCUT2D eigenvalue weighted by molar-refractivity contribution is 4.84. The van der Waals surface area contributed by atoms with Gasteiger partial charge in [-0.25, -0.2) is 0 Å². The molecule has 0 spiro atoms. The van der Waals surface area contributed by atoms with Crippen LogP contribution in [-0.4, -0.2) is 53.2 Å². The molecule has 120 valence electrons. The zero-order chi connectivity index (χ0) is 14.7. The van der Waals surface area contributed by atoms with Crippen molar-refractivity contribution in [2.45, 2.75) is 39.5 Å². The molecule has 0 aromatic carbocycles. The summed E-state index contributed by atoms with van der Waals surface area (Å²) >= 11 is 0. The van der Waals surface area contributed by atoms with E-state index in [2.05, 4.69) is 19.2 Å². The molecular weight excluding hydrogens is 254 g/mol. The van der Waals surface area contributed by atoms with Gasteiger partial charge in [-0.2, -0.15) is 0 Å². The summed E-state index contributed by atoms with van der Waals surface area (Å²) in [5, 5.41) is 3.64. The Kier molecular flexibility index (Phi) is 9.44. The molecule has 0 saturated carbocycles. The molecule has 1 saturated heterocycles. The maximum Gasteiger partial charge on any atom is 0.0700 e. The smallest absolute Gasteiger partial charge is 0.0700 e. The zero-order valence-corrected chi connectivity index (χ0v) is 13.6. The third-order valence-corrected chi connectivity index (χ3v) is 4.03. The van der Waals surface area contributed by atoms with Crippen LogP contribution in [0.15, 0.2) is 0 Å². The number of nitrogens with one attached hydrogen (secondary N) is 1. The maximum absolute atomic E-state index is 5.58. The van der Waals surface area contributed by atoms with Crippen LogP contribution in [0.2, 0.25) is 0 Å². The van der Waals surface area contributed by atoms with Gasteiger partial charge in [-0.1, -0.05) is 13.8 Å². The molecule has 4 nitrogen and oxygen atoms in total. The summed E-state index contributed by atoms with van der Waals surface area (Å²) in [7, 11) is 1.71. The lowest BCUT2D eigenvalue weighted by Gasteiger charge is -2.38. The highest BCUT2D eigenvalue weighted by Crippen LogP contribution is 2.34. The predicted octanol–water partition coefficient (Wildman–Crippen LogP) is 2.47. The van der Waals surface area contributed by atoms with Crippen LogP contribution >= 0.6 is 0 Å². The normalized spacial score (nSPS) is 18.6. The number of methoxy groups -OCH3 is 1. The average molecular weight is 287 g/mol. The third-order valence-electron chi connectivity index (χ3n) is 4.03. The predicted molar refractivity (Wildman–Crippen MR) is 82.1 cm³/mol. The molecule has 0 bridgehead atoms. The molecule has 1 heterocycles. The first-order valence-corrected chi connectivity index (χ1v) is 8.04. The van der Waals surface area contributed by atoms with E-state index in [0.29, 0.717) is 24.5 Å². The van der Waals surface area contributed by atoms with Crippen molar-refractivity contribution in [1.82, 2.24) is 5.32 Å². The molecule has 20 heavy (non-hydrogen) atoms. The molecule has 0 aromatic heterocycles. The minimum Gasteiger partial charge on any atom is -0.382 e. The van der Waals surface area contributed by atoms with E-state index in [4.69, 9.17) is 14.2 Å². The van der Waals surface area contributed by atoms with E-state index in [9.17, 15) is 0 Å². The van der Waals surface area contributed by atoms with Gasteiger partial charge in [0.2, 0.25) is 0 Å². The minimum absolute atomic E-state index is 0.414. The van der Waals surface area contributed by atoms with Crippen molar-refractivity contribution >= 4 is 0 Å². The highest BCUT2D eigenvalue weighted by Gasteiger charge is 2.31. The van der Waals surface area contributed by atoms with Gasteiger partial charge in [-0.15, -0.1) is 0 Å². The Hall–Kier alpha value is -0.160. The number of hydrogen-bond donors (Lipinski definition) is 1. The largest absolute Gasteiger partial charge is 0.382 e. The number of hydrogen-bond acceptors (Lipinski definition) is 4. The lowest BCUT2D eigenvalue weighted by Crippen LogP contribution is -2.40. The summed E-state index contributed by atoms with van der Waals surface area (Å²) in [6.07, 6.45) is 4.72. The summed E-state index contributed by atoms with van der Waals surface area (Å²) in [6.45, 7) is 10.8. The first kappa shape index (κ1) is 17.9. The number of ether oxygens (including phenoxy) is 3. The van der Waals surface area contributed by atoms with Crippen molar-refractivity contribution in [2.75, 3.05) is 53.2 Å². The molecule has 0 atom stereocenters.